The molecule has 2 bridgehead atoms. The van der Waals surface area contributed by atoms with Crippen LogP contribution < -0.4 is 10.6 Å². The summed E-state index contributed by atoms with van der Waals surface area (Å²) in [6, 6.07) is 0. The number of nitrogens with one attached hydrogen (secondary N) is 2. The first-order valence-corrected chi connectivity index (χ1v) is 9.41. The molecule has 0 aromatic rings. The smallest absolute Gasteiger partial charge is 0.303 e. The lowest BCUT2D eigenvalue weighted by Crippen LogP contribution is -2.41. The molecular formula is C18H28N2O4S. The second kappa shape index (κ2) is 9.87. The summed E-state index contributed by atoms with van der Waals surface area (Å²) in [6.07, 6.45) is 9.51. The molecule has 2 aliphatic heterocycles. The van der Waals surface area contributed by atoms with E-state index < -0.39 is 5.97 Å². The lowest BCUT2D eigenvalue weighted by atomic mass is 9.77. The molecule has 0 aromatic carbocycles. The Morgan fingerprint density at radius 3 is 2.60 bits per heavy atom. The number of aliphatic carboxylic acids is 1. The van der Waals surface area contributed by atoms with E-state index in [1.807, 2.05) is 0 Å². The van der Waals surface area contributed by atoms with E-state index >= 15 is 0 Å². The number of carbonyl (C=O) groups excluding carboxylic acids is 1. The van der Waals surface area contributed by atoms with Crippen LogP contribution in [0.4, 0.5) is 0 Å². The number of hydrogen-bond donors (Lipinski definition) is 3. The number of thiocarbonyl (C=S) groups is 1. The molecule has 3 N–H and O–H groups in total. The molecule has 2 saturated heterocycles. The molecule has 0 aliphatic carbocycles. The number of carboxylic acids is 1. The van der Waals surface area contributed by atoms with E-state index in [0.29, 0.717) is 29.8 Å². The number of fused-ring (bicyclic) bond motifs is 2. The van der Waals surface area contributed by atoms with Gasteiger partial charge in [-0.15, -0.1) is 0 Å². The second-order valence-corrected chi connectivity index (χ2v) is 7.44. The number of carboxylic acid groups (broad SMARTS) is 1. The fourth-order valence-corrected chi connectivity index (χ4v) is 3.79. The Morgan fingerprint density at radius 1 is 1.20 bits per heavy atom. The quantitative estimate of drug-likeness (QED) is 0.311. The Kier molecular flexibility index (Phi) is 7.84. The topological polar surface area (TPSA) is 87.7 Å². The maximum Gasteiger partial charge on any atom is 0.303 e. The third kappa shape index (κ3) is 6.40. The lowest BCUT2D eigenvalue weighted by Gasteiger charge is -2.27. The maximum atomic E-state index is 11.9. The summed E-state index contributed by atoms with van der Waals surface area (Å²) in [7, 11) is 0. The van der Waals surface area contributed by atoms with E-state index in [4.69, 9.17) is 22.1 Å². The minimum absolute atomic E-state index is 0.0464. The molecule has 2 aliphatic rings. The number of hydrogen-bond acceptors (Lipinski definition) is 4. The second-order valence-electron chi connectivity index (χ2n) is 6.82. The van der Waals surface area contributed by atoms with Crippen LogP contribution in [0.25, 0.3) is 0 Å². The van der Waals surface area contributed by atoms with E-state index in [9.17, 15) is 9.59 Å². The van der Waals surface area contributed by atoms with Gasteiger partial charge in [-0.25, -0.2) is 0 Å². The Balaban J connectivity index is 1.74. The first-order chi connectivity index (χ1) is 12.0. The Bertz CT molecular complexity index is 523. The molecule has 2 heterocycles. The van der Waals surface area contributed by atoms with Gasteiger partial charge in [0.25, 0.3) is 0 Å². The number of allylic oxidation sites excluding steroid dienone is 2. The summed E-state index contributed by atoms with van der Waals surface area (Å²) in [5, 5.41) is 14.5. The predicted molar refractivity (Wildman–Crippen MR) is 99.4 cm³/mol. The van der Waals surface area contributed by atoms with Gasteiger partial charge >= 0.3 is 5.97 Å². The van der Waals surface area contributed by atoms with Crippen LogP contribution in [0.15, 0.2) is 12.2 Å². The van der Waals surface area contributed by atoms with Gasteiger partial charge in [0, 0.05) is 18.9 Å². The van der Waals surface area contributed by atoms with Crippen LogP contribution in [-0.2, 0) is 14.3 Å². The highest BCUT2D eigenvalue weighted by Crippen LogP contribution is 2.44. The van der Waals surface area contributed by atoms with Crippen LogP contribution >= 0.6 is 12.2 Å². The van der Waals surface area contributed by atoms with Gasteiger partial charge in [0.15, 0.2) is 0 Å². The zero-order valence-electron chi connectivity index (χ0n) is 14.7. The molecule has 0 saturated carbocycles. The monoisotopic (exact) mass is 368 g/mol. The SMILES string of the molecule is CC(=S)NCC(=O)NC[C@H]1[C@@H](CC=CCCCC(=O)O)[C@H]2CC[C@@H]1O2. The summed E-state index contributed by atoms with van der Waals surface area (Å²) in [5.41, 5.74) is 0. The average Bonchev–Trinajstić information content (AvgIpc) is 3.15. The number of carbonyl (C=O) groups is 2. The maximum absolute atomic E-state index is 11.9. The first kappa shape index (κ1) is 19.8. The molecule has 0 spiro atoms. The van der Waals surface area contributed by atoms with Gasteiger partial charge in [-0.1, -0.05) is 24.4 Å². The summed E-state index contributed by atoms with van der Waals surface area (Å²) >= 11 is 4.91. The highest BCUT2D eigenvalue weighted by atomic mass is 32.1. The van der Waals surface area contributed by atoms with Crippen molar-refractivity contribution in [2.45, 2.75) is 57.7 Å². The fourth-order valence-electron chi connectivity index (χ4n) is 3.72. The average molecular weight is 368 g/mol. The Morgan fingerprint density at radius 2 is 1.92 bits per heavy atom. The van der Waals surface area contributed by atoms with Crippen molar-refractivity contribution in [2.24, 2.45) is 11.8 Å². The van der Waals surface area contributed by atoms with Crippen molar-refractivity contribution in [2.75, 3.05) is 13.1 Å². The van der Waals surface area contributed by atoms with Crippen molar-refractivity contribution >= 4 is 29.1 Å². The zero-order valence-corrected chi connectivity index (χ0v) is 15.5. The van der Waals surface area contributed by atoms with Gasteiger partial charge in [0.1, 0.15) is 0 Å². The van der Waals surface area contributed by atoms with Gasteiger partial charge in [-0.2, -0.15) is 0 Å². The van der Waals surface area contributed by atoms with Crippen LogP contribution in [0, 0.1) is 11.8 Å². The van der Waals surface area contributed by atoms with Crippen molar-refractivity contribution in [1.82, 2.24) is 10.6 Å². The number of unbranched alkanes of at least 4 members (excludes halogenated alkanes) is 1. The van der Waals surface area contributed by atoms with Crippen LogP contribution in [0.5, 0.6) is 0 Å². The van der Waals surface area contributed by atoms with Gasteiger partial charge in [0.05, 0.1) is 23.7 Å². The molecule has 0 unspecified atom stereocenters. The minimum atomic E-state index is -0.746. The summed E-state index contributed by atoms with van der Waals surface area (Å²) in [5.74, 6) is -0.0195. The van der Waals surface area contributed by atoms with E-state index in [1.165, 1.54) is 0 Å². The first-order valence-electron chi connectivity index (χ1n) is 9.00. The Hall–Kier alpha value is -1.47. The van der Waals surface area contributed by atoms with Crippen molar-refractivity contribution < 1.29 is 19.4 Å². The molecule has 6 nitrogen and oxygen atoms in total. The van der Waals surface area contributed by atoms with Crippen LogP contribution in [0.2, 0.25) is 0 Å². The highest BCUT2D eigenvalue weighted by Gasteiger charge is 2.47. The Labute approximate surface area is 154 Å². The number of ether oxygens (including phenoxy) is 1. The van der Waals surface area contributed by atoms with Crippen LogP contribution in [0.3, 0.4) is 0 Å². The van der Waals surface area contributed by atoms with E-state index in [2.05, 4.69) is 22.8 Å². The van der Waals surface area contributed by atoms with Gasteiger partial charge in [-0.3, -0.25) is 9.59 Å². The predicted octanol–water partition coefficient (Wildman–Crippen LogP) is 2.03. The summed E-state index contributed by atoms with van der Waals surface area (Å²) in [4.78, 5) is 23.0. The molecule has 2 rings (SSSR count). The van der Waals surface area contributed by atoms with E-state index in [1.54, 1.807) is 6.92 Å². The number of rotatable bonds is 10. The minimum Gasteiger partial charge on any atom is -0.481 e. The van der Waals surface area contributed by atoms with Crippen molar-refractivity contribution in [1.29, 1.82) is 0 Å². The third-order valence-electron chi connectivity index (χ3n) is 4.96. The van der Waals surface area contributed by atoms with Crippen molar-refractivity contribution in [3.8, 4) is 0 Å². The molecule has 4 atom stereocenters. The summed E-state index contributed by atoms with van der Waals surface area (Å²) in [6.45, 7) is 2.60. The molecular weight excluding hydrogens is 340 g/mol. The standard InChI is InChI=1S/C18H28N2O4S/c1-12(25)19-11-17(21)20-10-14-13(15-8-9-16(14)24-15)6-4-2-3-5-7-18(22)23/h2,4,13-16H,3,5-11H2,1H3,(H,19,25)(H,20,21)(H,22,23)/t13-,14+,15-,16+/m1/s1. The molecule has 7 heteroatoms. The largest absolute Gasteiger partial charge is 0.481 e. The van der Waals surface area contributed by atoms with Gasteiger partial charge in [0.2, 0.25) is 5.91 Å². The fraction of sp³-hybridized carbons (Fsp3) is 0.722. The molecule has 1 amide bonds. The third-order valence-corrected chi connectivity index (χ3v) is 5.10. The van der Waals surface area contributed by atoms with E-state index in [0.717, 1.165) is 25.7 Å². The summed E-state index contributed by atoms with van der Waals surface area (Å²) < 4.78 is 6.04. The van der Waals surface area contributed by atoms with Crippen molar-refractivity contribution in [3.63, 3.8) is 0 Å². The molecule has 0 aromatic heterocycles. The lowest BCUT2D eigenvalue weighted by molar-refractivity contribution is -0.137. The van der Waals surface area contributed by atoms with Gasteiger partial charge in [-0.05, 0) is 44.9 Å². The van der Waals surface area contributed by atoms with Crippen LogP contribution in [-0.4, -0.2) is 47.3 Å². The highest BCUT2D eigenvalue weighted by molar-refractivity contribution is 7.80. The van der Waals surface area contributed by atoms with Crippen LogP contribution in [0.1, 0.15) is 45.4 Å². The van der Waals surface area contributed by atoms with E-state index in [-0.39, 0.29) is 31.1 Å². The van der Waals surface area contributed by atoms with Crippen molar-refractivity contribution in [3.05, 3.63) is 12.2 Å². The molecule has 2 fully saturated rings. The zero-order chi connectivity index (χ0) is 18.2. The van der Waals surface area contributed by atoms with Gasteiger partial charge < -0.3 is 20.5 Å². The molecule has 0 radical (unpaired) electrons. The number of amides is 1. The normalized spacial score (nSPS) is 27.6. The molecule has 25 heavy (non-hydrogen) atoms. The molecule has 140 valence electrons.